The van der Waals surface area contributed by atoms with Crippen LogP contribution in [0.2, 0.25) is 0 Å². The molecule has 0 aliphatic carbocycles. The normalized spacial score (nSPS) is 19.5. The van der Waals surface area contributed by atoms with Gasteiger partial charge < -0.3 is 15.2 Å². The molecule has 3 amide bonds. The van der Waals surface area contributed by atoms with E-state index in [0.29, 0.717) is 11.3 Å². The number of rotatable bonds is 6. The van der Waals surface area contributed by atoms with Crippen molar-refractivity contribution in [1.29, 1.82) is 0 Å². The van der Waals surface area contributed by atoms with E-state index in [0.717, 1.165) is 26.8 Å². The Morgan fingerprint density at radius 3 is 2.39 bits per heavy atom. The van der Waals surface area contributed by atoms with Crippen molar-refractivity contribution in [2.45, 2.75) is 32.4 Å². The first-order chi connectivity index (χ1) is 14.8. The lowest BCUT2D eigenvalue weighted by atomic mass is 9.90. The van der Waals surface area contributed by atoms with Crippen LogP contribution in [0.4, 0.5) is 4.79 Å². The second-order valence-corrected chi connectivity index (χ2v) is 8.22. The van der Waals surface area contributed by atoms with Gasteiger partial charge in [-0.05, 0) is 54.3 Å². The number of β-amino-alcohol motifs (C(OH)–C–C–N with tert-alkyl or cyclic N) is 1. The maximum Gasteiger partial charge on any atom is 0.325 e. The SMILES string of the molecule is Cc1cccc(C)c1OC[C@H](O)CN1C(=O)N[C@](C)(c2ccc3ccccc3c2)C1=O. The van der Waals surface area contributed by atoms with Crippen LogP contribution in [0.1, 0.15) is 23.6 Å². The number of fused-ring (bicyclic) bond motifs is 1. The number of carbonyl (C=O) groups is 2. The molecular formula is C25H26N2O4. The summed E-state index contributed by atoms with van der Waals surface area (Å²) in [6, 6.07) is 18.8. The molecule has 0 radical (unpaired) electrons. The van der Waals surface area contributed by atoms with Gasteiger partial charge in [0.15, 0.2) is 0 Å². The van der Waals surface area contributed by atoms with Crippen LogP contribution >= 0.6 is 0 Å². The third-order valence-corrected chi connectivity index (χ3v) is 5.82. The molecule has 3 aromatic carbocycles. The number of hydrogen-bond acceptors (Lipinski definition) is 4. The number of ether oxygens (including phenoxy) is 1. The van der Waals surface area contributed by atoms with E-state index < -0.39 is 17.7 Å². The van der Waals surface area contributed by atoms with Crippen LogP contribution in [0.3, 0.4) is 0 Å². The highest BCUT2D eigenvalue weighted by Gasteiger charge is 2.49. The molecule has 6 heteroatoms. The molecule has 2 N–H and O–H groups in total. The Morgan fingerprint density at radius 1 is 1.00 bits per heavy atom. The summed E-state index contributed by atoms with van der Waals surface area (Å²) in [6.07, 6.45) is -1.01. The molecule has 1 aliphatic heterocycles. The van der Waals surface area contributed by atoms with E-state index in [2.05, 4.69) is 5.32 Å². The van der Waals surface area contributed by atoms with Crippen molar-refractivity contribution in [2.75, 3.05) is 13.2 Å². The molecule has 160 valence electrons. The number of nitrogens with one attached hydrogen (secondary N) is 1. The van der Waals surface area contributed by atoms with Crippen LogP contribution in [0.5, 0.6) is 5.75 Å². The summed E-state index contributed by atoms with van der Waals surface area (Å²) in [6.45, 7) is 5.40. The number of para-hydroxylation sites is 1. The van der Waals surface area contributed by atoms with Gasteiger partial charge in [0, 0.05) is 0 Å². The second-order valence-electron chi connectivity index (χ2n) is 8.22. The van der Waals surface area contributed by atoms with Gasteiger partial charge in [-0.2, -0.15) is 0 Å². The molecule has 0 unspecified atom stereocenters. The second kappa shape index (κ2) is 8.04. The predicted octanol–water partition coefficient (Wildman–Crippen LogP) is 3.66. The summed E-state index contributed by atoms with van der Waals surface area (Å²) in [5.41, 5.74) is 1.44. The fourth-order valence-electron chi connectivity index (χ4n) is 4.03. The van der Waals surface area contributed by atoms with Crippen LogP contribution in [0.25, 0.3) is 10.8 Å². The van der Waals surface area contributed by atoms with E-state index in [1.54, 1.807) is 6.92 Å². The molecule has 1 heterocycles. The van der Waals surface area contributed by atoms with Gasteiger partial charge in [-0.25, -0.2) is 4.79 Å². The Bertz CT molecular complexity index is 1140. The smallest absolute Gasteiger partial charge is 0.325 e. The van der Waals surface area contributed by atoms with Crippen LogP contribution in [0.15, 0.2) is 60.7 Å². The zero-order valence-corrected chi connectivity index (χ0v) is 17.9. The first kappa shape index (κ1) is 20.9. The number of urea groups is 1. The molecule has 0 aromatic heterocycles. The molecular weight excluding hydrogens is 392 g/mol. The minimum Gasteiger partial charge on any atom is -0.490 e. The van der Waals surface area contributed by atoms with Gasteiger partial charge in [0.2, 0.25) is 0 Å². The molecule has 0 bridgehead atoms. The summed E-state index contributed by atoms with van der Waals surface area (Å²) >= 11 is 0. The third-order valence-electron chi connectivity index (χ3n) is 5.82. The van der Waals surface area contributed by atoms with Crippen LogP contribution in [-0.4, -0.2) is 41.2 Å². The van der Waals surface area contributed by atoms with Crippen molar-refractivity contribution in [1.82, 2.24) is 10.2 Å². The molecule has 1 aliphatic rings. The van der Waals surface area contributed by atoms with E-state index in [-0.39, 0.29) is 19.1 Å². The van der Waals surface area contributed by atoms with Gasteiger partial charge in [-0.1, -0.05) is 54.6 Å². The fourth-order valence-corrected chi connectivity index (χ4v) is 4.03. The van der Waals surface area contributed by atoms with E-state index in [1.807, 2.05) is 74.5 Å². The Morgan fingerprint density at radius 2 is 1.68 bits per heavy atom. The van der Waals surface area contributed by atoms with Crippen LogP contribution < -0.4 is 10.1 Å². The first-order valence-corrected chi connectivity index (χ1v) is 10.3. The lowest BCUT2D eigenvalue weighted by Gasteiger charge is -2.23. The molecule has 3 aromatic rings. The van der Waals surface area contributed by atoms with Crippen molar-refractivity contribution in [3.8, 4) is 5.75 Å². The maximum absolute atomic E-state index is 13.2. The lowest BCUT2D eigenvalue weighted by Crippen LogP contribution is -2.42. The molecule has 1 fully saturated rings. The van der Waals surface area contributed by atoms with Gasteiger partial charge in [-0.3, -0.25) is 9.69 Å². The van der Waals surface area contributed by atoms with Crippen molar-refractivity contribution in [3.63, 3.8) is 0 Å². The number of carbonyl (C=O) groups excluding carboxylic acids is 2. The summed E-state index contributed by atoms with van der Waals surface area (Å²) in [7, 11) is 0. The Balaban J connectivity index is 1.48. The summed E-state index contributed by atoms with van der Waals surface area (Å²) < 4.78 is 5.78. The van der Waals surface area contributed by atoms with E-state index in [4.69, 9.17) is 4.74 Å². The van der Waals surface area contributed by atoms with Crippen LogP contribution in [0, 0.1) is 13.8 Å². The molecule has 31 heavy (non-hydrogen) atoms. The minimum atomic E-state index is -1.19. The Labute approximate surface area is 181 Å². The molecule has 0 spiro atoms. The fraction of sp³-hybridized carbons (Fsp3) is 0.280. The highest BCUT2D eigenvalue weighted by molar-refractivity contribution is 6.07. The van der Waals surface area contributed by atoms with E-state index in [9.17, 15) is 14.7 Å². The van der Waals surface area contributed by atoms with Gasteiger partial charge in [0.1, 0.15) is 24.0 Å². The van der Waals surface area contributed by atoms with Crippen molar-refractivity contribution < 1.29 is 19.4 Å². The van der Waals surface area contributed by atoms with Crippen molar-refractivity contribution in [2.24, 2.45) is 0 Å². The number of aliphatic hydroxyl groups is 1. The Hall–Kier alpha value is -3.38. The zero-order chi connectivity index (χ0) is 22.2. The monoisotopic (exact) mass is 418 g/mol. The molecule has 4 rings (SSSR count). The average Bonchev–Trinajstić information content (AvgIpc) is 2.97. The largest absolute Gasteiger partial charge is 0.490 e. The van der Waals surface area contributed by atoms with Gasteiger partial charge in [-0.15, -0.1) is 0 Å². The standard InChI is InChI=1S/C25H26N2O4/c1-16-7-6-8-17(2)22(16)31-15-21(28)14-27-23(29)25(3,26-24(27)30)20-12-11-18-9-4-5-10-19(18)13-20/h4-13,21,28H,14-15H2,1-3H3,(H,26,30)/t21-,25-/m1/s1. The zero-order valence-electron chi connectivity index (χ0n) is 17.9. The van der Waals surface area contributed by atoms with Gasteiger partial charge in [0.05, 0.1) is 6.54 Å². The van der Waals surface area contributed by atoms with E-state index >= 15 is 0 Å². The number of amides is 3. The number of aliphatic hydroxyl groups excluding tert-OH is 1. The number of imide groups is 1. The van der Waals surface area contributed by atoms with Crippen molar-refractivity contribution >= 4 is 22.7 Å². The summed E-state index contributed by atoms with van der Waals surface area (Å²) in [5, 5.41) is 15.3. The molecule has 2 atom stereocenters. The average molecular weight is 418 g/mol. The number of benzene rings is 3. The summed E-state index contributed by atoms with van der Waals surface area (Å²) in [5.74, 6) is 0.318. The highest BCUT2D eigenvalue weighted by atomic mass is 16.5. The molecule has 6 nitrogen and oxygen atoms in total. The first-order valence-electron chi connectivity index (χ1n) is 10.3. The number of aryl methyl sites for hydroxylation is 2. The highest BCUT2D eigenvalue weighted by Crippen LogP contribution is 2.31. The van der Waals surface area contributed by atoms with Gasteiger partial charge in [0.25, 0.3) is 5.91 Å². The van der Waals surface area contributed by atoms with Gasteiger partial charge >= 0.3 is 6.03 Å². The minimum absolute atomic E-state index is 0.0184. The predicted molar refractivity (Wildman–Crippen MR) is 119 cm³/mol. The Kier molecular flexibility index (Phi) is 5.41. The quantitative estimate of drug-likeness (QED) is 0.599. The molecule has 1 saturated heterocycles. The number of nitrogens with zero attached hydrogens (tertiary/aromatic N) is 1. The topological polar surface area (TPSA) is 78.9 Å². The van der Waals surface area contributed by atoms with Crippen LogP contribution in [-0.2, 0) is 10.3 Å². The molecule has 0 saturated carbocycles. The third kappa shape index (κ3) is 3.86. The van der Waals surface area contributed by atoms with E-state index in [1.165, 1.54) is 0 Å². The maximum atomic E-state index is 13.2. The van der Waals surface area contributed by atoms with Crippen molar-refractivity contribution in [3.05, 3.63) is 77.4 Å². The summed E-state index contributed by atoms with van der Waals surface area (Å²) in [4.78, 5) is 26.8. The lowest BCUT2D eigenvalue weighted by molar-refractivity contribution is -0.132. The number of hydrogen-bond donors (Lipinski definition) is 2.